The SMILES string of the molecule is CC.CC.CN=C(N)c1ncc2cc(C)ccc2n1. The van der Waals surface area contributed by atoms with Gasteiger partial charge in [0.15, 0.2) is 11.7 Å². The number of fused-ring (bicyclic) bond motifs is 1. The van der Waals surface area contributed by atoms with E-state index in [4.69, 9.17) is 5.73 Å². The van der Waals surface area contributed by atoms with Crippen LogP contribution in [-0.2, 0) is 0 Å². The van der Waals surface area contributed by atoms with Crippen LogP contribution in [0.1, 0.15) is 39.1 Å². The standard InChI is InChI=1S/C11H12N4.2C2H6/c1-7-3-4-9-8(5-7)6-14-11(15-9)10(12)13-2;2*1-2/h3-6H,1-2H3,(H2,12,13);2*1-2H3. The summed E-state index contributed by atoms with van der Waals surface area (Å²) in [7, 11) is 1.62. The molecule has 0 aliphatic carbocycles. The van der Waals surface area contributed by atoms with Gasteiger partial charge < -0.3 is 5.73 Å². The number of benzene rings is 1. The van der Waals surface area contributed by atoms with Gasteiger partial charge in [0.2, 0.25) is 0 Å². The van der Waals surface area contributed by atoms with Crippen molar-refractivity contribution in [3.63, 3.8) is 0 Å². The van der Waals surface area contributed by atoms with Crippen molar-refractivity contribution >= 4 is 16.7 Å². The van der Waals surface area contributed by atoms with E-state index < -0.39 is 0 Å². The molecule has 1 aromatic carbocycles. The Hall–Kier alpha value is -1.97. The van der Waals surface area contributed by atoms with Crippen molar-refractivity contribution in [2.24, 2.45) is 10.7 Å². The molecule has 4 heteroatoms. The minimum atomic E-state index is 0.359. The molecular formula is C15H24N4. The van der Waals surface area contributed by atoms with E-state index in [0.29, 0.717) is 11.7 Å². The van der Waals surface area contributed by atoms with Gasteiger partial charge in [-0.05, 0) is 19.1 Å². The first-order valence-electron chi connectivity index (χ1n) is 6.67. The number of nitrogens with zero attached hydrogens (tertiary/aromatic N) is 3. The van der Waals surface area contributed by atoms with E-state index in [-0.39, 0.29) is 0 Å². The van der Waals surface area contributed by atoms with E-state index in [1.54, 1.807) is 13.2 Å². The van der Waals surface area contributed by atoms with Gasteiger partial charge in [-0.25, -0.2) is 9.97 Å². The van der Waals surface area contributed by atoms with Crippen LogP contribution >= 0.6 is 0 Å². The maximum Gasteiger partial charge on any atom is 0.195 e. The maximum atomic E-state index is 5.64. The Kier molecular flexibility index (Phi) is 8.09. The van der Waals surface area contributed by atoms with Crippen LogP contribution in [0.15, 0.2) is 29.4 Å². The zero-order valence-corrected chi connectivity index (χ0v) is 12.7. The zero-order valence-electron chi connectivity index (χ0n) is 12.7. The van der Waals surface area contributed by atoms with Gasteiger partial charge in [0.05, 0.1) is 5.52 Å². The Morgan fingerprint density at radius 3 is 2.37 bits per heavy atom. The van der Waals surface area contributed by atoms with E-state index in [9.17, 15) is 0 Å². The minimum Gasteiger partial charge on any atom is -0.381 e. The molecular weight excluding hydrogens is 236 g/mol. The van der Waals surface area contributed by atoms with Crippen molar-refractivity contribution in [1.82, 2.24) is 9.97 Å². The summed E-state index contributed by atoms with van der Waals surface area (Å²) in [5, 5.41) is 1.02. The van der Waals surface area contributed by atoms with Crippen molar-refractivity contribution in [3.8, 4) is 0 Å². The quantitative estimate of drug-likeness (QED) is 0.632. The van der Waals surface area contributed by atoms with E-state index >= 15 is 0 Å². The molecule has 2 rings (SSSR count). The zero-order chi connectivity index (χ0) is 14.8. The molecule has 0 bridgehead atoms. The molecule has 4 nitrogen and oxygen atoms in total. The van der Waals surface area contributed by atoms with Crippen LogP contribution in [0.2, 0.25) is 0 Å². The van der Waals surface area contributed by atoms with Crippen LogP contribution in [-0.4, -0.2) is 22.9 Å². The fraction of sp³-hybridized carbons (Fsp3) is 0.400. The van der Waals surface area contributed by atoms with Crippen molar-refractivity contribution < 1.29 is 0 Å². The topological polar surface area (TPSA) is 64.2 Å². The van der Waals surface area contributed by atoms with Crippen molar-refractivity contribution in [3.05, 3.63) is 35.8 Å². The molecule has 0 fully saturated rings. The van der Waals surface area contributed by atoms with Gasteiger partial charge in [0, 0.05) is 18.6 Å². The van der Waals surface area contributed by atoms with Crippen LogP contribution in [0.3, 0.4) is 0 Å². The van der Waals surface area contributed by atoms with E-state index in [0.717, 1.165) is 10.9 Å². The molecule has 2 aromatic rings. The van der Waals surface area contributed by atoms with Crippen LogP contribution < -0.4 is 5.73 Å². The summed E-state index contributed by atoms with van der Waals surface area (Å²) in [6.45, 7) is 10.0. The number of rotatable bonds is 1. The number of nitrogens with two attached hydrogens (primary N) is 1. The molecule has 0 saturated heterocycles. The van der Waals surface area contributed by atoms with Crippen molar-refractivity contribution in [2.45, 2.75) is 34.6 Å². The Balaban J connectivity index is 0.000000741. The van der Waals surface area contributed by atoms with Crippen molar-refractivity contribution in [1.29, 1.82) is 0 Å². The lowest BCUT2D eigenvalue weighted by atomic mass is 10.2. The molecule has 0 spiro atoms. The summed E-state index contributed by atoms with van der Waals surface area (Å²) in [5.74, 6) is 0.839. The fourth-order valence-corrected chi connectivity index (χ4v) is 1.38. The Bertz CT molecular complexity index is 533. The van der Waals surface area contributed by atoms with E-state index in [1.807, 2.05) is 52.8 Å². The summed E-state index contributed by atoms with van der Waals surface area (Å²) in [6, 6.07) is 6.01. The highest BCUT2D eigenvalue weighted by atomic mass is 15.0. The van der Waals surface area contributed by atoms with Crippen LogP contribution in [0.25, 0.3) is 10.9 Å². The Labute approximate surface area is 115 Å². The molecule has 0 radical (unpaired) electrons. The smallest absolute Gasteiger partial charge is 0.195 e. The lowest BCUT2D eigenvalue weighted by molar-refractivity contribution is 1.16. The molecule has 2 N–H and O–H groups in total. The molecule has 0 aliphatic rings. The summed E-state index contributed by atoms with van der Waals surface area (Å²) < 4.78 is 0. The lowest BCUT2D eigenvalue weighted by Crippen LogP contribution is -2.16. The van der Waals surface area contributed by atoms with Gasteiger partial charge in [0.25, 0.3) is 0 Å². The summed E-state index contributed by atoms with van der Waals surface area (Å²) in [4.78, 5) is 12.3. The second-order valence-corrected chi connectivity index (χ2v) is 3.36. The molecule has 0 amide bonds. The molecule has 0 unspecified atom stereocenters. The lowest BCUT2D eigenvalue weighted by Gasteiger charge is -2.01. The van der Waals surface area contributed by atoms with Gasteiger partial charge >= 0.3 is 0 Å². The highest BCUT2D eigenvalue weighted by Gasteiger charge is 2.02. The summed E-state index contributed by atoms with van der Waals surface area (Å²) >= 11 is 0. The van der Waals surface area contributed by atoms with Gasteiger partial charge in [-0.2, -0.15) is 0 Å². The van der Waals surface area contributed by atoms with Gasteiger partial charge in [0.1, 0.15) is 0 Å². The first-order chi connectivity index (χ1) is 9.20. The van der Waals surface area contributed by atoms with Gasteiger partial charge in [-0.3, -0.25) is 4.99 Å². The van der Waals surface area contributed by atoms with E-state index in [1.165, 1.54) is 5.56 Å². The molecule has 0 aliphatic heterocycles. The summed E-state index contributed by atoms with van der Waals surface area (Å²) in [6.07, 6.45) is 1.77. The van der Waals surface area contributed by atoms with Crippen LogP contribution in [0, 0.1) is 6.92 Å². The third kappa shape index (κ3) is 4.66. The fourth-order valence-electron chi connectivity index (χ4n) is 1.38. The predicted octanol–water partition coefficient (Wildman–Crippen LogP) is 3.33. The monoisotopic (exact) mass is 260 g/mol. The normalized spacial score (nSPS) is 10.1. The maximum absolute atomic E-state index is 5.64. The number of hydrogen-bond donors (Lipinski definition) is 1. The third-order valence-corrected chi connectivity index (χ3v) is 2.21. The number of aliphatic imine (C=N–C) groups is 1. The second-order valence-electron chi connectivity index (χ2n) is 3.36. The molecule has 1 aromatic heterocycles. The molecule has 104 valence electrons. The number of hydrogen-bond acceptors (Lipinski definition) is 3. The minimum absolute atomic E-state index is 0.359. The van der Waals surface area contributed by atoms with Crippen molar-refractivity contribution in [2.75, 3.05) is 7.05 Å². The average Bonchev–Trinajstić information content (AvgIpc) is 2.50. The third-order valence-electron chi connectivity index (χ3n) is 2.21. The average molecular weight is 260 g/mol. The molecule has 1 heterocycles. The molecule has 19 heavy (non-hydrogen) atoms. The largest absolute Gasteiger partial charge is 0.381 e. The van der Waals surface area contributed by atoms with E-state index in [2.05, 4.69) is 15.0 Å². The summed E-state index contributed by atoms with van der Waals surface area (Å²) in [5.41, 5.74) is 7.72. The molecule has 0 atom stereocenters. The Morgan fingerprint density at radius 1 is 1.16 bits per heavy atom. The highest BCUT2D eigenvalue weighted by Crippen LogP contribution is 2.12. The number of aryl methyl sites for hydroxylation is 1. The predicted molar refractivity (Wildman–Crippen MR) is 83.6 cm³/mol. The van der Waals surface area contributed by atoms with Crippen LogP contribution in [0.4, 0.5) is 0 Å². The first-order valence-corrected chi connectivity index (χ1v) is 6.67. The molecule has 0 saturated carbocycles. The van der Waals surface area contributed by atoms with Gasteiger partial charge in [-0.15, -0.1) is 0 Å². The number of aromatic nitrogens is 2. The first kappa shape index (κ1) is 17.0. The van der Waals surface area contributed by atoms with Crippen LogP contribution in [0.5, 0.6) is 0 Å². The van der Waals surface area contributed by atoms with Gasteiger partial charge in [-0.1, -0.05) is 39.3 Å². The Morgan fingerprint density at radius 2 is 1.79 bits per heavy atom. The second kappa shape index (κ2) is 9.03. The number of amidine groups is 1. The highest BCUT2D eigenvalue weighted by molar-refractivity contribution is 5.95.